The fraction of sp³-hybridized carbons (Fsp3) is 0.200. The van der Waals surface area contributed by atoms with Gasteiger partial charge in [-0.3, -0.25) is 4.79 Å². The second kappa shape index (κ2) is 9.50. The first-order valence-corrected chi connectivity index (χ1v) is 10.5. The van der Waals surface area contributed by atoms with Crippen LogP contribution in [0.4, 0.5) is 16.2 Å². The monoisotopic (exact) mass is 414 g/mol. The number of anilines is 2. The summed E-state index contributed by atoms with van der Waals surface area (Å²) in [5.41, 5.74) is 1.24. The predicted molar refractivity (Wildman–Crippen MR) is 116 cm³/mol. The van der Waals surface area contributed by atoms with Gasteiger partial charge in [0.25, 0.3) is 5.91 Å². The molecule has 28 heavy (non-hydrogen) atoms. The van der Waals surface area contributed by atoms with Gasteiger partial charge in [0.2, 0.25) is 0 Å². The van der Waals surface area contributed by atoms with Crippen LogP contribution in [0, 0.1) is 0 Å². The molecule has 2 heterocycles. The fourth-order valence-corrected chi connectivity index (χ4v) is 4.20. The summed E-state index contributed by atoms with van der Waals surface area (Å²) >= 11 is 3.05. The molecule has 0 radical (unpaired) electrons. The summed E-state index contributed by atoms with van der Waals surface area (Å²) in [6, 6.07) is 14.6. The highest BCUT2D eigenvalue weighted by molar-refractivity contribution is 7.12. The van der Waals surface area contributed by atoms with Crippen LogP contribution >= 0.6 is 22.7 Å². The topological polar surface area (TPSA) is 73.5 Å². The van der Waals surface area contributed by atoms with Crippen LogP contribution in [0.3, 0.4) is 0 Å². The number of carbonyl (C=O) groups is 2. The van der Waals surface area contributed by atoms with E-state index in [-0.39, 0.29) is 18.0 Å². The predicted octanol–water partition coefficient (Wildman–Crippen LogP) is 4.49. The molecule has 0 spiro atoms. The van der Waals surface area contributed by atoms with Gasteiger partial charge in [0.15, 0.2) is 0 Å². The zero-order chi connectivity index (χ0) is 19.9. The lowest BCUT2D eigenvalue weighted by atomic mass is 10.2. The molecule has 0 aliphatic carbocycles. The third-order valence-corrected chi connectivity index (χ3v) is 5.92. The van der Waals surface area contributed by atoms with E-state index >= 15 is 0 Å². The van der Waals surface area contributed by atoms with E-state index in [0.717, 1.165) is 0 Å². The van der Waals surface area contributed by atoms with Crippen molar-refractivity contribution in [3.05, 3.63) is 69.0 Å². The van der Waals surface area contributed by atoms with Crippen molar-refractivity contribution in [1.82, 2.24) is 10.2 Å². The van der Waals surface area contributed by atoms with Gasteiger partial charge in [0, 0.05) is 22.8 Å². The number of likely N-dealkylation sites (N-methyl/N-ethyl adjacent to an activating group) is 1. The Bertz CT molecular complexity index is 908. The fourth-order valence-electron chi connectivity index (χ4n) is 2.66. The summed E-state index contributed by atoms with van der Waals surface area (Å²) in [5, 5.41) is 12.5. The van der Waals surface area contributed by atoms with Crippen LogP contribution in [0.25, 0.3) is 0 Å². The van der Waals surface area contributed by atoms with Gasteiger partial charge < -0.3 is 20.9 Å². The van der Waals surface area contributed by atoms with Crippen LogP contribution in [0.1, 0.15) is 20.6 Å². The Morgan fingerprint density at radius 2 is 1.68 bits per heavy atom. The Hall–Kier alpha value is -2.68. The normalized spacial score (nSPS) is 11.8. The maximum Gasteiger partial charge on any atom is 0.319 e. The molecule has 0 aliphatic heterocycles. The number of benzene rings is 1. The van der Waals surface area contributed by atoms with E-state index in [2.05, 4.69) is 26.9 Å². The lowest BCUT2D eigenvalue weighted by Gasteiger charge is -2.23. The first-order valence-electron chi connectivity index (χ1n) is 8.72. The van der Waals surface area contributed by atoms with Gasteiger partial charge in [-0.2, -0.15) is 0 Å². The van der Waals surface area contributed by atoms with E-state index < -0.39 is 0 Å². The molecule has 1 aromatic carbocycles. The van der Waals surface area contributed by atoms with Crippen molar-refractivity contribution in [3.63, 3.8) is 0 Å². The Morgan fingerprint density at radius 3 is 2.32 bits per heavy atom. The summed E-state index contributed by atoms with van der Waals surface area (Å²) in [4.78, 5) is 28.4. The molecule has 2 aromatic heterocycles. The molecule has 0 fully saturated rings. The molecule has 146 valence electrons. The summed E-state index contributed by atoms with van der Waals surface area (Å²) < 4.78 is 0. The Balaban J connectivity index is 1.56. The molecule has 6 nitrogen and oxygen atoms in total. The Morgan fingerprint density at radius 1 is 0.964 bits per heavy atom. The number of hydrogen-bond donors (Lipinski definition) is 3. The van der Waals surface area contributed by atoms with Gasteiger partial charge in [-0.15, -0.1) is 22.7 Å². The average molecular weight is 415 g/mol. The highest BCUT2D eigenvalue weighted by atomic mass is 32.1. The number of amides is 3. The van der Waals surface area contributed by atoms with E-state index in [9.17, 15) is 9.59 Å². The molecule has 8 heteroatoms. The number of thiophene rings is 2. The molecule has 0 unspecified atom stereocenters. The first-order chi connectivity index (χ1) is 13.5. The maximum atomic E-state index is 12.3. The van der Waals surface area contributed by atoms with Crippen LogP contribution in [-0.2, 0) is 0 Å². The molecule has 3 amide bonds. The lowest BCUT2D eigenvalue weighted by Crippen LogP contribution is -2.36. The number of urea groups is 1. The van der Waals surface area contributed by atoms with Crippen molar-refractivity contribution in [2.75, 3.05) is 31.3 Å². The van der Waals surface area contributed by atoms with Gasteiger partial charge in [-0.25, -0.2) is 4.79 Å². The third-order valence-electron chi connectivity index (χ3n) is 4.07. The van der Waals surface area contributed by atoms with Crippen LogP contribution < -0.4 is 16.0 Å². The number of nitrogens with one attached hydrogen (secondary N) is 3. The molecular weight excluding hydrogens is 392 g/mol. The van der Waals surface area contributed by atoms with Crippen molar-refractivity contribution in [3.8, 4) is 0 Å². The number of nitrogens with zero attached hydrogens (tertiary/aromatic N) is 1. The van der Waals surface area contributed by atoms with Gasteiger partial charge in [0.1, 0.15) is 0 Å². The second-order valence-electron chi connectivity index (χ2n) is 6.34. The standard InChI is InChI=1S/C20H22N4O2S2/c1-24(2)16(17-8-4-10-27-17)13-21-20(26)23-15-7-3-6-14(12-15)22-19(25)18-9-5-11-28-18/h3-12,16H,13H2,1-2H3,(H,22,25)(H2,21,23,26)/t16-/m0/s1. The SMILES string of the molecule is CN(C)[C@@H](CNC(=O)Nc1cccc(NC(=O)c2cccs2)c1)c1cccs1. The van der Waals surface area contributed by atoms with E-state index in [0.29, 0.717) is 22.8 Å². The van der Waals surface area contributed by atoms with E-state index in [1.165, 1.54) is 16.2 Å². The van der Waals surface area contributed by atoms with Crippen molar-refractivity contribution in [2.45, 2.75) is 6.04 Å². The summed E-state index contributed by atoms with van der Waals surface area (Å²) in [6.45, 7) is 0.494. The summed E-state index contributed by atoms with van der Waals surface area (Å²) in [5.74, 6) is -0.165. The van der Waals surface area contributed by atoms with Gasteiger partial charge in [0.05, 0.1) is 10.9 Å². The zero-order valence-corrected chi connectivity index (χ0v) is 17.3. The maximum absolute atomic E-state index is 12.3. The van der Waals surface area contributed by atoms with Crippen molar-refractivity contribution in [2.24, 2.45) is 0 Å². The molecule has 0 saturated carbocycles. The van der Waals surface area contributed by atoms with Gasteiger partial charge in [-0.1, -0.05) is 18.2 Å². The van der Waals surface area contributed by atoms with Crippen molar-refractivity contribution < 1.29 is 9.59 Å². The first kappa shape index (κ1) is 20.1. The van der Waals surface area contributed by atoms with Gasteiger partial charge in [-0.05, 0) is 55.2 Å². The molecule has 3 N–H and O–H groups in total. The minimum absolute atomic E-state index is 0.113. The molecule has 0 aliphatic rings. The van der Waals surface area contributed by atoms with Crippen LogP contribution in [0.5, 0.6) is 0 Å². The number of rotatable bonds is 7. The molecule has 3 rings (SSSR count). The van der Waals surface area contributed by atoms with Crippen molar-refractivity contribution >= 4 is 46.0 Å². The quantitative estimate of drug-likeness (QED) is 0.533. The highest BCUT2D eigenvalue weighted by Crippen LogP contribution is 2.22. The summed E-state index contributed by atoms with van der Waals surface area (Å²) in [7, 11) is 3.98. The molecular formula is C20H22N4O2S2. The Kier molecular flexibility index (Phi) is 6.80. The smallest absolute Gasteiger partial charge is 0.319 e. The van der Waals surface area contributed by atoms with Crippen LogP contribution in [-0.4, -0.2) is 37.5 Å². The average Bonchev–Trinajstić information content (AvgIpc) is 3.36. The van der Waals surface area contributed by atoms with Crippen molar-refractivity contribution in [1.29, 1.82) is 0 Å². The van der Waals surface area contributed by atoms with E-state index in [1.54, 1.807) is 41.7 Å². The van der Waals surface area contributed by atoms with Crippen LogP contribution in [0.2, 0.25) is 0 Å². The summed E-state index contributed by atoms with van der Waals surface area (Å²) in [6.07, 6.45) is 0. The lowest BCUT2D eigenvalue weighted by molar-refractivity contribution is 0.103. The number of carbonyl (C=O) groups excluding carboxylic acids is 2. The Labute approximate surface area is 172 Å². The highest BCUT2D eigenvalue weighted by Gasteiger charge is 2.16. The van der Waals surface area contributed by atoms with E-state index in [1.807, 2.05) is 37.0 Å². The molecule has 1 atom stereocenters. The molecule has 3 aromatic rings. The van der Waals surface area contributed by atoms with Gasteiger partial charge >= 0.3 is 6.03 Å². The molecule has 0 saturated heterocycles. The number of hydrogen-bond acceptors (Lipinski definition) is 5. The minimum Gasteiger partial charge on any atom is -0.336 e. The third kappa shape index (κ3) is 5.41. The minimum atomic E-state index is -0.287. The van der Waals surface area contributed by atoms with Crippen LogP contribution in [0.15, 0.2) is 59.3 Å². The zero-order valence-electron chi connectivity index (χ0n) is 15.6. The largest absolute Gasteiger partial charge is 0.336 e. The van der Waals surface area contributed by atoms with E-state index in [4.69, 9.17) is 0 Å². The second-order valence-corrected chi connectivity index (χ2v) is 8.27. The molecule has 0 bridgehead atoms.